The number of rotatable bonds is 6. The number of nitrogens with one attached hydrogen (secondary N) is 1. The zero-order chi connectivity index (χ0) is 21.3. The number of hydrogen-bond acceptors (Lipinski definition) is 6. The largest absolute Gasteiger partial charge is 0.479 e. The number of thiazole rings is 1. The van der Waals surface area contributed by atoms with E-state index in [2.05, 4.69) is 9.71 Å². The fourth-order valence-corrected chi connectivity index (χ4v) is 5.10. The molecule has 30 heavy (non-hydrogen) atoms. The number of sulfonamides is 1. The van der Waals surface area contributed by atoms with Crippen molar-refractivity contribution in [3.05, 3.63) is 64.6 Å². The number of aromatic nitrogens is 1. The van der Waals surface area contributed by atoms with Gasteiger partial charge in [-0.3, -0.25) is 9.52 Å². The van der Waals surface area contributed by atoms with E-state index in [-0.39, 0.29) is 10.8 Å². The van der Waals surface area contributed by atoms with E-state index in [1.165, 1.54) is 29.7 Å². The molecule has 4 rings (SSSR count). The molecule has 1 N–H and O–H groups in total. The van der Waals surface area contributed by atoms with Crippen molar-refractivity contribution in [3.63, 3.8) is 0 Å². The average Bonchev–Trinajstić information content (AvgIpc) is 3.35. The van der Waals surface area contributed by atoms with Crippen LogP contribution in [0.2, 0.25) is 5.02 Å². The third-order valence-electron chi connectivity index (χ3n) is 4.69. The van der Waals surface area contributed by atoms with E-state index in [4.69, 9.17) is 16.3 Å². The molecule has 1 aliphatic rings. The zero-order valence-electron chi connectivity index (χ0n) is 15.9. The van der Waals surface area contributed by atoms with Crippen LogP contribution < -0.4 is 14.4 Å². The van der Waals surface area contributed by atoms with E-state index in [1.54, 1.807) is 28.5 Å². The van der Waals surface area contributed by atoms with Gasteiger partial charge in [0.2, 0.25) is 0 Å². The van der Waals surface area contributed by atoms with Crippen LogP contribution in [0.3, 0.4) is 0 Å². The summed E-state index contributed by atoms with van der Waals surface area (Å²) in [6.07, 6.45) is 1.39. The normalized spacial score (nSPS) is 16.7. The fourth-order valence-electron chi connectivity index (χ4n) is 3.14. The van der Waals surface area contributed by atoms with Gasteiger partial charge >= 0.3 is 0 Å². The summed E-state index contributed by atoms with van der Waals surface area (Å²) in [6, 6.07) is 11.6. The fraction of sp³-hybridized carbons (Fsp3) is 0.200. The highest BCUT2D eigenvalue weighted by molar-refractivity contribution is 7.93. The van der Waals surface area contributed by atoms with Crippen LogP contribution in [0.1, 0.15) is 12.0 Å². The Morgan fingerprint density at radius 2 is 2.00 bits per heavy atom. The lowest BCUT2D eigenvalue weighted by Crippen LogP contribution is -2.32. The molecule has 0 aliphatic carbocycles. The van der Waals surface area contributed by atoms with Gasteiger partial charge in [-0.15, -0.1) is 11.3 Å². The summed E-state index contributed by atoms with van der Waals surface area (Å²) in [5.41, 5.74) is 1.48. The lowest BCUT2D eigenvalue weighted by molar-refractivity contribution is -0.122. The number of aryl methyl sites for hydroxylation is 1. The Morgan fingerprint density at radius 1 is 1.23 bits per heavy atom. The van der Waals surface area contributed by atoms with Crippen LogP contribution in [0.15, 0.2) is 58.9 Å². The second-order valence-electron chi connectivity index (χ2n) is 6.71. The van der Waals surface area contributed by atoms with E-state index in [9.17, 15) is 13.2 Å². The predicted molar refractivity (Wildman–Crippen MR) is 117 cm³/mol. The molecule has 156 valence electrons. The van der Waals surface area contributed by atoms with Gasteiger partial charge in [-0.1, -0.05) is 23.7 Å². The molecule has 0 radical (unpaired) electrons. The number of hydrogen-bond donors (Lipinski definition) is 1. The number of anilines is 2. The topological polar surface area (TPSA) is 88.6 Å². The summed E-state index contributed by atoms with van der Waals surface area (Å²) in [6.45, 7) is 2.34. The second kappa shape index (κ2) is 8.25. The molecule has 1 fully saturated rings. The second-order valence-corrected chi connectivity index (χ2v) is 9.66. The van der Waals surface area contributed by atoms with Crippen molar-refractivity contribution in [3.8, 4) is 5.75 Å². The monoisotopic (exact) mass is 463 g/mol. The van der Waals surface area contributed by atoms with E-state index in [0.29, 0.717) is 34.6 Å². The molecule has 1 aromatic heterocycles. The highest BCUT2D eigenvalue weighted by Gasteiger charge is 2.35. The van der Waals surface area contributed by atoms with Gasteiger partial charge in [-0.05, 0) is 42.8 Å². The summed E-state index contributed by atoms with van der Waals surface area (Å²) in [7, 11) is -3.74. The van der Waals surface area contributed by atoms with Gasteiger partial charge in [0.1, 0.15) is 5.75 Å². The van der Waals surface area contributed by atoms with Crippen LogP contribution >= 0.6 is 22.9 Å². The molecule has 1 atom stereocenters. The summed E-state index contributed by atoms with van der Waals surface area (Å²) in [5, 5.41) is 2.47. The number of ether oxygens (including phenoxy) is 1. The first-order valence-corrected chi connectivity index (χ1v) is 11.8. The molecule has 10 heteroatoms. The molecule has 1 aliphatic heterocycles. The van der Waals surface area contributed by atoms with Gasteiger partial charge < -0.3 is 9.64 Å². The molecule has 1 saturated heterocycles. The van der Waals surface area contributed by atoms with Crippen LogP contribution in [0, 0.1) is 6.92 Å². The van der Waals surface area contributed by atoms with Crippen molar-refractivity contribution in [1.82, 2.24) is 4.98 Å². The minimum Gasteiger partial charge on any atom is -0.479 e. The third-order valence-corrected chi connectivity index (χ3v) is 7.35. The Bertz CT molecular complexity index is 1170. The number of carbonyl (C=O) groups is 1. The van der Waals surface area contributed by atoms with Crippen LogP contribution in [0.4, 0.5) is 10.8 Å². The standard InChI is InChI=1S/C20H18ClN3O4S2/c1-13-3-2-4-16(18(13)21)28-17-9-11-24(19(17)25)14-5-7-15(8-6-14)30(26,27)23-20-22-10-12-29-20/h2-8,10,12,17H,9,11H2,1H3,(H,22,23)/t17-/m0/s1. The third kappa shape index (κ3) is 4.14. The van der Waals surface area contributed by atoms with E-state index < -0.39 is 16.1 Å². The van der Waals surface area contributed by atoms with Crippen molar-refractivity contribution in [2.75, 3.05) is 16.2 Å². The minimum atomic E-state index is -3.74. The van der Waals surface area contributed by atoms with Crippen LogP contribution in [-0.4, -0.2) is 32.0 Å². The van der Waals surface area contributed by atoms with Gasteiger partial charge in [-0.25, -0.2) is 13.4 Å². The maximum atomic E-state index is 12.8. The first kappa shape index (κ1) is 20.6. The number of halogens is 1. The molecular weight excluding hydrogens is 446 g/mol. The van der Waals surface area contributed by atoms with Crippen LogP contribution in [-0.2, 0) is 14.8 Å². The van der Waals surface area contributed by atoms with E-state index in [0.717, 1.165) is 5.56 Å². The van der Waals surface area contributed by atoms with Gasteiger partial charge in [-0.2, -0.15) is 0 Å². The molecule has 3 aromatic rings. The Balaban J connectivity index is 1.47. The van der Waals surface area contributed by atoms with E-state index >= 15 is 0 Å². The van der Waals surface area contributed by atoms with Gasteiger partial charge in [0.15, 0.2) is 11.2 Å². The smallest absolute Gasteiger partial charge is 0.268 e. The molecule has 1 amide bonds. The minimum absolute atomic E-state index is 0.0902. The first-order chi connectivity index (χ1) is 14.3. The number of carbonyl (C=O) groups excluding carboxylic acids is 1. The molecule has 2 heterocycles. The van der Waals surface area contributed by atoms with Gasteiger partial charge in [0.25, 0.3) is 15.9 Å². The molecule has 0 saturated carbocycles. The summed E-state index contributed by atoms with van der Waals surface area (Å²) in [4.78, 5) is 18.4. The SMILES string of the molecule is Cc1cccc(O[C@H]2CCN(c3ccc(S(=O)(=O)Nc4nccs4)cc3)C2=O)c1Cl. The van der Waals surface area contributed by atoms with Gasteiger partial charge in [0.05, 0.1) is 9.92 Å². The molecular formula is C20H18ClN3O4S2. The van der Waals surface area contributed by atoms with Crippen molar-refractivity contribution in [1.29, 1.82) is 0 Å². The van der Waals surface area contributed by atoms with Crippen molar-refractivity contribution in [2.24, 2.45) is 0 Å². The predicted octanol–water partition coefficient (Wildman–Crippen LogP) is 4.09. The maximum absolute atomic E-state index is 12.8. The molecule has 0 bridgehead atoms. The Labute approximate surface area is 183 Å². The number of amides is 1. The van der Waals surface area contributed by atoms with Crippen LogP contribution in [0.5, 0.6) is 5.75 Å². The molecule has 0 spiro atoms. The highest BCUT2D eigenvalue weighted by Crippen LogP contribution is 2.31. The van der Waals surface area contributed by atoms with Crippen LogP contribution in [0.25, 0.3) is 0 Å². The van der Waals surface area contributed by atoms with E-state index in [1.807, 2.05) is 19.1 Å². The quantitative estimate of drug-likeness (QED) is 0.594. The molecule has 7 nitrogen and oxygen atoms in total. The summed E-state index contributed by atoms with van der Waals surface area (Å²) >= 11 is 7.46. The molecule has 0 unspecified atom stereocenters. The number of nitrogens with zero attached hydrogens (tertiary/aromatic N) is 2. The Morgan fingerprint density at radius 3 is 2.70 bits per heavy atom. The first-order valence-electron chi connectivity index (χ1n) is 9.11. The van der Waals surface area contributed by atoms with Crippen molar-refractivity contribution < 1.29 is 17.9 Å². The summed E-state index contributed by atoms with van der Waals surface area (Å²) in [5.74, 6) is 0.288. The summed E-state index contributed by atoms with van der Waals surface area (Å²) < 4.78 is 33.2. The average molecular weight is 464 g/mol. The lowest BCUT2D eigenvalue weighted by atomic mass is 10.2. The van der Waals surface area contributed by atoms with Crippen molar-refractivity contribution >= 4 is 49.7 Å². The van der Waals surface area contributed by atoms with Crippen molar-refractivity contribution in [2.45, 2.75) is 24.3 Å². The highest BCUT2D eigenvalue weighted by atomic mass is 35.5. The molecule has 2 aromatic carbocycles. The Kier molecular flexibility index (Phi) is 5.68. The Hall–Kier alpha value is -2.62. The maximum Gasteiger partial charge on any atom is 0.268 e. The number of benzene rings is 2. The van der Waals surface area contributed by atoms with Gasteiger partial charge in [0, 0.05) is 30.2 Å². The lowest BCUT2D eigenvalue weighted by Gasteiger charge is -2.18. The zero-order valence-corrected chi connectivity index (χ0v) is 18.3.